The van der Waals surface area contributed by atoms with E-state index in [1.54, 1.807) is 32.0 Å². The number of para-hydroxylation sites is 1. The van der Waals surface area contributed by atoms with Crippen molar-refractivity contribution >= 4 is 13.7 Å². The van der Waals surface area contributed by atoms with Crippen LogP contribution in [0.5, 0.6) is 5.75 Å². The summed E-state index contributed by atoms with van der Waals surface area (Å²) >= 11 is 0. The quantitative estimate of drug-likeness (QED) is 0.117. The van der Waals surface area contributed by atoms with Gasteiger partial charge in [-0.25, -0.2) is 13.8 Å². The minimum absolute atomic E-state index is 0.0845. The smallest absolute Gasteiger partial charge is 0.459 e. The average Bonchev–Trinajstić information content (AvgIpc) is 3.28. The number of benzene rings is 1. The third-order valence-electron chi connectivity index (χ3n) is 6.22. The maximum atomic E-state index is 15.6. The number of esters is 1. The van der Waals surface area contributed by atoms with Crippen LogP contribution in [0.4, 0.5) is 4.39 Å². The molecule has 2 fully saturated rings. The molecule has 3 unspecified atom stereocenters. The van der Waals surface area contributed by atoms with Crippen molar-refractivity contribution < 1.29 is 37.4 Å². The Hall–Kier alpha value is -3.52. The molecule has 2 aliphatic rings. The number of rotatable bonds is 11. The van der Waals surface area contributed by atoms with Crippen LogP contribution in [0.1, 0.15) is 27.0 Å². The number of aromatic amines is 1. The summed E-state index contributed by atoms with van der Waals surface area (Å²) in [5, 5.41) is 17.0. The van der Waals surface area contributed by atoms with Gasteiger partial charge in [0.1, 0.15) is 29.0 Å². The fourth-order valence-corrected chi connectivity index (χ4v) is 5.85. The highest BCUT2D eigenvalue weighted by atomic mass is 31.2. The van der Waals surface area contributed by atoms with E-state index in [1.807, 2.05) is 4.98 Å². The number of hydrogen-bond donors (Lipinski definition) is 3. The number of nitrogens with one attached hydrogen (secondary N) is 2. The Morgan fingerprint density at radius 1 is 1.33 bits per heavy atom. The number of ether oxygens (including phenoxy) is 2. The zero-order valence-corrected chi connectivity index (χ0v) is 21.9. The van der Waals surface area contributed by atoms with E-state index in [0.717, 1.165) is 12.3 Å². The van der Waals surface area contributed by atoms with Crippen molar-refractivity contribution in [2.75, 3.05) is 6.61 Å². The van der Waals surface area contributed by atoms with Crippen molar-refractivity contribution in [3.8, 4) is 5.75 Å². The second-order valence-corrected chi connectivity index (χ2v) is 11.0. The van der Waals surface area contributed by atoms with E-state index in [0.29, 0.717) is 4.57 Å². The molecule has 7 atom stereocenters. The van der Waals surface area contributed by atoms with Crippen LogP contribution in [0.3, 0.4) is 0 Å². The van der Waals surface area contributed by atoms with E-state index < -0.39 is 73.4 Å². The van der Waals surface area contributed by atoms with Gasteiger partial charge in [0, 0.05) is 17.2 Å². The fraction of sp³-hybridized carbons (Fsp3) is 0.500. The average molecular weight is 568 g/mol. The molecule has 0 radical (unpaired) electrons. The number of carbonyl (C=O) groups excluding carboxylic acids is 1. The van der Waals surface area contributed by atoms with E-state index in [9.17, 15) is 24.1 Å². The number of halogens is 1. The molecule has 39 heavy (non-hydrogen) atoms. The Balaban J connectivity index is 1.63. The topological polar surface area (TPSA) is 207 Å². The number of alkyl halides is 1. The first kappa shape index (κ1) is 28.5. The van der Waals surface area contributed by atoms with Crippen LogP contribution in [-0.2, 0) is 23.4 Å². The maximum Gasteiger partial charge on any atom is 0.459 e. The standard InChI is InChI=1S/C22H26FN6O9P/c1-12(2)36-18(31)13(3)27-39(34,38-14-7-5-4-6-8-14)35-11-21-19(26-28-24)22(21,33)16(23)17(37-21)29-10-9-15(30)25-20(29)32/h4-10,12-13,16-17,19,33H,11H2,1-3H3,(H,27,34)(H,25,30,32)/t13?,16-,17+,19?,21-,22+,39?/m0/s1. The molecule has 1 aliphatic carbocycles. The minimum Gasteiger partial charge on any atom is -0.462 e. The molecular formula is C22H26FN6O9P. The van der Waals surface area contributed by atoms with Crippen LogP contribution >= 0.6 is 7.75 Å². The van der Waals surface area contributed by atoms with Crippen molar-refractivity contribution in [3.63, 3.8) is 0 Å². The lowest BCUT2D eigenvalue weighted by molar-refractivity contribution is -0.149. The van der Waals surface area contributed by atoms with Crippen LogP contribution in [0, 0.1) is 0 Å². The van der Waals surface area contributed by atoms with E-state index in [2.05, 4.69) is 15.1 Å². The van der Waals surface area contributed by atoms with Crippen molar-refractivity contribution in [3.05, 3.63) is 73.9 Å². The summed E-state index contributed by atoms with van der Waals surface area (Å²) in [6.45, 7) is 3.75. The van der Waals surface area contributed by atoms with Gasteiger partial charge in [-0.15, -0.1) is 0 Å². The highest BCUT2D eigenvalue weighted by Gasteiger charge is 2.88. The van der Waals surface area contributed by atoms with Gasteiger partial charge in [0.15, 0.2) is 12.4 Å². The van der Waals surface area contributed by atoms with Crippen molar-refractivity contribution in [1.29, 1.82) is 0 Å². The Morgan fingerprint density at radius 2 is 2.03 bits per heavy atom. The van der Waals surface area contributed by atoms with Gasteiger partial charge < -0.3 is 19.1 Å². The highest BCUT2D eigenvalue weighted by molar-refractivity contribution is 7.52. The number of fused-ring (bicyclic) bond motifs is 1. The summed E-state index contributed by atoms with van der Waals surface area (Å²) in [4.78, 5) is 40.6. The zero-order chi connectivity index (χ0) is 28.6. The van der Waals surface area contributed by atoms with Gasteiger partial charge >= 0.3 is 19.4 Å². The number of aromatic nitrogens is 2. The molecule has 1 aromatic heterocycles. The lowest BCUT2D eigenvalue weighted by atomic mass is 10.1. The minimum atomic E-state index is -4.48. The Kier molecular flexibility index (Phi) is 7.72. The molecule has 0 spiro atoms. The summed E-state index contributed by atoms with van der Waals surface area (Å²) in [7, 11) is -4.48. The number of H-pyrrole nitrogens is 1. The Bertz CT molecular complexity index is 1450. The van der Waals surface area contributed by atoms with Crippen LogP contribution in [0.25, 0.3) is 10.4 Å². The monoisotopic (exact) mass is 568 g/mol. The maximum absolute atomic E-state index is 15.6. The fourth-order valence-electron chi connectivity index (χ4n) is 4.33. The van der Waals surface area contributed by atoms with Gasteiger partial charge in [-0.1, -0.05) is 23.3 Å². The molecule has 2 aromatic rings. The molecule has 2 heterocycles. The molecular weight excluding hydrogens is 542 g/mol. The Morgan fingerprint density at radius 3 is 2.64 bits per heavy atom. The SMILES string of the molecule is CC(C)OC(=O)C(C)NP(=O)(OC[C@@]12O[C@@H](n3ccc(=O)[nH]c3=O)[C@H](F)[C@@]1(O)C2N=[N+]=[N-])Oc1ccccc1. The number of azide groups is 1. The molecule has 0 bridgehead atoms. The molecule has 1 aliphatic heterocycles. The Labute approximate surface area is 220 Å². The van der Waals surface area contributed by atoms with Crippen LogP contribution in [0.2, 0.25) is 0 Å². The number of carbonyl (C=O) groups is 1. The molecule has 15 nitrogen and oxygen atoms in total. The second-order valence-electron chi connectivity index (χ2n) is 9.26. The van der Waals surface area contributed by atoms with Crippen LogP contribution < -0.4 is 20.9 Å². The molecule has 0 amide bonds. The number of nitrogens with zero attached hydrogens (tertiary/aromatic N) is 4. The van der Waals surface area contributed by atoms with E-state index in [-0.39, 0.29) is 5.75 Å². The van der Waals surface area contributed by atoms with E-state index in [1.165, 1.54) is 19.1 Å². The van der Waals surface area contributed by atoms with E-state index in [4.69, 9.17) is 24.1 Å². The van der Waals surface area contributed by atoms with Gasteiger partial charge in [0.2, 0.25) is 0 Å². The van der Waals surface area contributed by atoms with Crippen molar-refractivity contribution in [1.82, 2.24) is 14.6 Å². The van der Waals surface area contributed by atoms with Crippen LogP contribution in [0.15, 0.2) is 57.3 Å². The third-order valence-corrected chi connectivity index (χ3v) is 7.85. The molecule has 1 aromatic carbocycles. The number of aliphatic hydroxyl groups is 1. The first-order chi connectivity index (χ1) is 18.4. The third kappa shape index (κ3) is 5.22. The van der Waals surface area contributed by atoms with E-state index >= 15 is 4.39 Å². The lowest BCUT2D eigenvalue weighted by Gasteiger charge is -2.26. The largest absolute Gasteiger partial charge is 0.462 e. The molecule has 4 rings (SSSR count). The lowest BCUT2D eigenvalue weighted by Crippen LogP contribution is -2.39. The van der Waals surface area contributed by atoms with Crippen LogP contribution in [-0.4, -0.2) is 62.8 Å². The van der Waals surface area contributed by atoms with Gasteiger partial charge in [-0.05, 0) is 38.4 Å². The predicted octanol–water partition coefficient (Wildman–Crippen LogP) is 1.70. The van der Waals surface area contributed by atoms with Gasteiger partial charge in [-0.3, -0.25) is 23.7 Å². The first-order valence-electron chi connectivity index (χ1n) is 11.7. The molecule has 1 saturated heterocycles. The number of hydrogen-bond acceptors (Lipinski definition) is 10. The van der Waals surface area contributed by atoms with Crippen molar-refractivity contribution in [2.45, 2.75) is 62.6 Å². The molecule has 1 saturated carbocycles. The second kappa shape index (κ2) is 10.6. The molecule has 17 heteroatoms. The summed E-state index contributed by atoms with van der Waals surface area (Å²) in [5.74, 6) is -0.682. The molecule has 3 N–H and O–H groups in total. The first-order valence-corrected chi connectivity index (χ1v) is 13.3. The summed E-state index contributed by atoms with van der Waals surface area (Å²) < 4.78 is 51.9. The van der Waals surface area contributed by atoms with Gasteiger partial charge in [0.25, 0.3) is 5.56 Å². The molecule has 210 valence electrons. The highest BCUT2D eigenvalue weighted by Crippen LogP contribution is 2.66. The van der Waals surface area contributed by atoms with Gasteiger partial charge in [-0.2, -0.15) is 5.09 Å². The van der Waals surface area contributed by atoms with Gasteiger partial charge in [0.05, 0.1) is 12.7 Å². The normalized spacial score (nSPS) is 29.5. The zero-order valence-electron chi connectivity index (χ0n) is 21.0. The summed E-state index contributed by atoms with van der Waals surface area (Å²) in [6.07, 6.45) is -3.59. The predicted molar refractivity (Wildman–Crippen MR) is 131 cm³/mol. The summed E-state index contributed by atoms with van der Waals surface area (Å²) in [5.41, 5.74) is 2.62. The van der Waals surface area contributed by atoms with Crippen molar-refractivity contribution in [2.24, 2.45) is 5.11 Å². The summed E-state index contributed by atoms with van der Waals surface area (Å²) in [6, 6.07) is 6.00.